The van der Waals surface area contributed by atoms with Crippen molar-refractivity contribution in [3.8, 4) is 0 Å². The van der Waals surface area contributed by atoms with Gasteiger partial charge >= 0.3 is 0 Å². The SMILES string of the molecule is NO.O=S(=O)([O-])[O-].O=S(=O)([O-])[O-]. The lowest BCUT2D eigenvalue weighted by Gasteiger charge is -2.06. The van der Waals surface area contributed by atoms with Crippen molar-refractivity contribution in [1.82, 2.24) is 0 Å². The predicted octanol–water partition coefficient (Wildman–Crippen LogP) is -3.34. The molecule has 78 valence electrons. The van der Waals surface area contributed by atoms with Crippen molar-refractivity contribution in [3.63, 3.8) is 0 Å². The minimum absolute atomic E-state index is 3.50. The molecule has 0 aromatic heterocycles. The van der Waals surface area contributed by atoms with Crippen molar-refractivity contribution >= 4 is 20.8 Å². The van der Waals surface area contributed by atoms with Crippen LogP contribution >= 0.6 is 0 Å². The third kappa shape index (κ3) is 6270. The molecule has 0 atom stereocenters. The summed E-state index contributed by atoms with van der Waals surface area (Å²) in [5.41, 5.74) is 0. The highest BCUT2D eigenvalue weighted by Crippen LogP contribution is 1.58. The van der Waals surface area contributed by atoms with Gasteiger partial charge in [-0.2, -0.15) is 0 Å². The molecule has 12 heavy (non-hydrogen) atoms. The first-order valence-electron chi connectivity index (χ1n) is 1.59. The second kappa shape index (κ2) is 7.32. The minimum Gasteiger partial charge on any atom is -0.759 e. The van der Waals surface area contributed by atoms with Crippen LogP contribution in [0.5, 0.6) is 0 Å². The van der Waals surface area contributed by atoms with Gasteiger partial charge in [-0.3, -0.25) is 16.8 Å². The van der Waals surface area contributed by atoms with Crippen molar-refractivity contribution in [1.29, 1.82) is 0 Å². The molecule has 12 heteroatoms. The van der Waals surface area contributed by atoms with Crippen molar-refractivity contribution in [2.45, 2.75) is 0 Å². The van der Waals surface area contributed by atoms with E-state index in [1.54, 1.807) is 0 Å². The van der Waals surface area contributed by atoms with Crippen LogP contribution in [0.25, 0.3) is 0 Å². The molecule has 0 saturated heterocycles. The highest BCUT2D eigenvalue weighted by Gasteiger charge is 1.50. The molecule has 0 aromatic rings. The summed E-state index contributed by atoms with van der Waals surface area (Å²) in [5.74, 6) is 3.50. The lowest BCUT2D eigenvalue weighted by atomic mass is 13.6. The molecule has 0 aliphatic rings. The molecule has 0 radical (unpaired) electrons. The highest BCUT2D eigenvalue weighted by atomic mass is 32.3. The molecule has 0 aliphatic heterocycles. The van der Waals surface area contributed by atoms with Gasteiger partial charge in [0.15, 0.2) is 0 Å². The van der Waals surface area contributed by atoms with Crippen LogP contribution < -0.4 is 5.90 Å². The molecular formula is H3NO9S2-4. The lowest BCUT2D eigenvalue weighted by Crippen LogP contribution is -1.91. The van der Waals surface area contributed by atoms with Crippen LogP contribution in [0.3, 0.4) is 0 Å². The summed E-state index contributed by atoms with van der Waals surface area (Å²) in [6.07, 6.45) is 0. The summed E-state index contributed by atoms with van der Waals surface area (Å²) in [7, 11) is -10.3. The summed E-state index contributed by atoms with van der Waals surface area (Å²) in [5, 5.41) is 6.50. The van der Waals surface area contributed by atoms with E-state index in [0.29, 0.717) is 0 Å². The molecule has 10 nitrogen and oxygen atoms in total. The smallest absolute Gasteiger partial charge is 0.0311 e. The molecule has 0 amide bonds. The number of hydrogen-bond donors (Lipinski definition) is 2. The Bertz CT molecular complexity index is 209. The van der Waals surface area contributed by atoms with Crippen LogP contribution in [0.4, 0.5) is 0 Å². The first-order chi connectivity index (χ1) is 5.00. The second-order valence-electron chi connectivity index (χ2n) is 0.816. The minimum atomic E-state index is -5.17. The molecule has 0 aromatic carbocycles. The molecule has 3 N–H and O–H groups in total. The zero-order chi connectivity index (χ0) is 11.0. The maximum Gasteiger partial charge on any atom is 0.0311 e. The van der Waals surface area contributed by atoms with Crippen LogP contribution in [-0.4, -0.2) is 40.3 Å². The van der Waals surface area contributed by atoms with Gasteiger partial charge < -0.3 is 23.4 Å². The van der Waals surface area contributed by atoms with Crippen LogP contribution in [0.2, 0.25) is 0 Å². The summed E-state index contributed by atoms with van der Waals surface area (Å²) in [6, 6.07) is 0. The molecule has 0 aliphatic carbocycles. The summed E-state index contributed by atoms with van der Waals surface area (Å²) >= 11 is 0. The summed E-state index contributed by atoms with van der Waals surface area (Å²) in [6.45, 7) is 0. The van der Waals surface area contributed by atoms with Crippen LogP contribution in [0.15, 0.2) is 0 Å². The van der Waals surface area contributed by atoms with E-state index < -0.39 is 20.8 Å². The van der Waals surface area contributed by atoms with E-state index in [1.165, 1.54) is 0 Å². The Labute approximate surface area is 67.7 Å². The monoisotopic (exact) mass is 225 g/mol. The van der Waals surface area contributed by atoms with Crippen LogP contribution in [-0.2, 0) is 20.8 Å². The Hall–Kier alpha value is -0.340. The normalized spacial score (nSPS) is 10.2. The quantitative estimate of drug-likeness (QED) is 0.237. The van der Waals surface area contributed by atoms with Gasteiger partial charge in [0.1, 0.15) is 0 Å². The first kappa shape index (κ1) is 17.7. The number of nitrogens with two attached hydrogens (primary N) is 1. The fourth-order valence-corrected chi connectivity index (χ4v) is 0. The van der Waals surface area contributed by atoms with Gasteiger partial charge in [-0.15, -0.1) is 0 Å². The van der Waals surface area contributed by atoms with Crippen molar-refractivity contribution in [3.05, 3.63) is 0 Å². The van der Waals surface area contributed by atoms with Crippen molar-refractivity contribution in [2.24, 2.45) is 5.90 Å². The standard InChI is InChI=1S/H3NO.2H2O4S/c1-2;2*1-5(2,3)4/h2H,1H2;2*(H2,1,2,3,4)/p-4. The third-order valence-electron chi connectivity index (χ3n) is 0. The molecular weight excluding hydrogens is 222 g/mol. The zero-order valence-corrected chi connectivity index (χ0v) is 6.74. The highest BCUT2D eigenvalue weighted by molar-refractivity contribution is 7.79. The Morgan fingerprint density at radius 3 is 0.750 bits per heavy atom. The first-order valence-corrected chi connectivity index (χ1v) is 4.26. The van der Waals surface area contributed by atoms with Crippen LogP contribution in [0, 0.1) is 0 Å². The summed E-state index contributed by atoms with van der Waals surface area (Å²) < 4.78 is 68.2. The average Bonchev–Trinajstić information content (AvgIpc) is 1.59. The summed E-state index contributed by atoms with van der Waals surface area (Å²) in [4.78, 5) is 0. The maximum absolute atomic E-state index is 8.52. The van der Waals surface area contributed by atoms with Gasteiger partial charge in [-0.25, -0.2) is 5.90 Å². The molecule has 0 rings (SSSR count). The largest absolute Gasteiger partial charge is 0.759 e. The van der Waals surface area contributed by atoms with Gasteiger partial charge in [-0.05, 0) is 0 Å². The van der Waals surface area contributed by atoms with Gasteiger partial charge in [0, 0.05) is 20.8 Å². The van der Waals surface area contributed by atoms with Crippen molar-refractivity contribution < 1.29 is 40.3 Å². The predicted molar refractivity (Wildman–Crippen MR) is 26.9 cm³/mol. The van der Waals surface area contributed by atoms with E-state index in [1.807, 2.05) is 0 Å². The molecule has 0 unspecified atom stereocenters. The van der Waals surface area contributed by atoms with Gasteiger partial charge in [-0.1, -0.05) is 0 Å². The number of rotatable bonds is 0. The van der Waals surface area contributed by atoms with E-state index in [0.717, 1.165) is 0 Å². The zero-order valence-electron chi connectivity index (χ0n) is 5.11. The molecule has 0 bridgehead atoms. The third-order valence-corrected chi connectivity index (χ3v) is 0. The Morgan fingerprint density at radius 2 is 0.750 bits per heavy atom. The molecule has 0 saturated carbocycles. The van der Waals surface area contributed by atoms with E-state index in [9.17, 15) is 0 Å². The van der Waals surface area contributed by atoms with Crippen LogP contribution in [0.1, 0.15) is 0 Å². The maximum atomic E-state index is 8.52. The Balaban J connectivity index is -0.000000112. The molecule has 0 spiro atoms. The van der Waals surface area contributed by atoms with E-state index in [4.69, 9.17) is 40.3 Å². The van der Waals surface area contributed by atoms with E-state index in [2.05, 4.69) is 5.90 Å². The van der Waals surface area contributed by atoms with Gasteiger partial charge in [0.2, 0.25) is 0 Å². The van der Waals surface area contributed by atoms with Gasteiger partial charge in [0.05, 0.1) is 0 Å². The van der Waals surface area contributed by atoms with Gasteiger partial charge in [0.25, 0.3) is 0 Å². The second-order valence-corrected chi connectivity index (χ2v) is 2.45. The molecule has 0 heterocycles. The Morgan fingerprint density at radius 1 is 0.750 bits per heavy atom. The fourth-order valence-electron chi connectivity index (χ4n) is 0. The fraction of sp³-hybridized carbons (Fsp3) is 0. The van der Waals surface area contributed by atoms with E-state index in [-0.39, 0.29) is 0 Å². The topological polar surface area (TPSA) is 207 Å². The lowest BCUT2D eigenvalue weighted by molar-refractivity contribution is 0.311. The van der Waals surface area contributed by atoms with Crippen molar-refractivity contribution in [2.75, 3.05) is 0 Å². The Kier molecular flexibility index (Phi) is 10.8. The average molecular weight is 225 g/mol. The van der Waals surface area contributed by atoms with E-state index >= 15 is 0 Å². The number of hydrogen-bond acceptors (Lipinski definition) is 10. The molecule has 0 fully saturated rings.